The van der Waals surface area contributed by atoms with E-state index in [1.807, 2.05) is 23.1 Å². The second kappa shape index (κ2) is 8.74. The molecule has 0 amide bonds. The van der Waals surface area contributed by atoms with Crippen molar-refractivity contribution >= 4 is 29.9 Å². The van der Waals surface area contributed by atoms with Gasteiger partial charge in [0.15, 0.2) is 5.96 Å². The molecule has 1 N–H and O–H groups in total. The second-order valence-electron chi connectivity index (χ2n) is 6.86. The minimum absolute atomic E-state index is 0. The molecule has 1 atom stereocenters. The molecule has 5 nitrogen and oxygen atoms in total. The summed E-state index contributed by atoms with van der Waals surface area (Å²) in [4.78, 5) is 7.22. The van der Waals surface area contributed by atoms with E-state index in [9.17, 15) is 0 Å². The number of likely N-dealkylation sites (tertiary alicyclic amines) is 1. The Morgan fingerprint density at radius 3 is 2.77 bits per heavy atom. The van der Waals surface area contributed by atoms with Crippen molar-refractivity contribution in [3.05, 3.63) is 18.5 Å². The third kappa shape index (κ3) is 5.78. The van der Waals surface area contributed by atoms with Crippen molar-refractivity contribution < 1.29 is 0 Å². The Labute approximate surface area is 151 Å². The highest BCUT2D eigenvalue weighted by molar-refractivity contribution is 14.0. The van der Waals surface area contributed by atoms with Crippen LogP contribution in [0.4, 0.5) is 0 Å². The van der Waals surface area contributed by atoms with E-state index in [1.165, 1.54) is 6.42 Å². The molecule has 22 heavy (non-hydrogen) atoms. The molecule has 1 saturated heterocycles. The standard InChI is InChI=1S/C16H29N5.HI/c1-5-17-15(20-10-7-16(3,4)13-20)18-11-14(2)12-21-9-6-8-19-21;/h6,8-9,14H,5,7,10-13H2,1-4H3,(H,17,18);1H. The zero-order chi connectivity index (χ0) is 15.3. The Balaban J connectivity index is 0.00000242. The van der Waals surface area contributed by atoms with Gasteiger partial charge in [0.25, 0.3) is 0 Å². The molecular formula is C16H30IN5. The van der Waals surface area contributed by atoms with Gasteiger partial charge in [-0.05, 0) is 30.7 Å². The molecule has 1 aromatic heterocycles. The van der Waals surface area contributed by atoms with Crippen molar-refractivity contribution in [3.8, 4) is 0 Å². The van der Waals surface area contributed by atoms with Gasteiger partial charge in [-0.25, -0.2) is 0 Å². The summed E-state index contributed by atoms with van der Waals surface area (Å²) >= 11 is 0. The van der Waals surface area contributed by atoms with Crippen LogP contribution in [0.3, 0.4) is 0 Å². The Hall–Kier alpha value is -0.790. The van der Waals surface area contributed by atoms with Crippen LogP contribution < -0.4 is 5.32 Å². The molecule has 6 heteroatoms. The first-order valence-electron chi connectivity index (χ1n) is 8.01. The molecule has 0 saturated carbocycles. The number of hydrogen-bond donors (Lipinski definition) is 1. The Bertz CT molecular complexity index is 455. The van der Waals surface area contributed by atoms with Gasteiger partial charge in [-0.3, -0.25) is 9.67 Å². The lowest BCUT2D eigenvalue weighted by Gasteiger charge is -2.24. The first kappa shape index (κ1) is 19.3. The van der Waals surface area contributed by atoms with Crippen LogP contribution in [-0.2, 0) is 6.54 Å². The number of guanidine groups is 1. The summed E-state index contributed by atoms with van der Waals surface area (Å²) in [7, 11) is 0. The third-order valence-electron chi connectivity index (χ3n) is 3.92. The molecule has 2 heterocycles. The Kier molecular flexibility index (Phi) is 7.65. The van der Waals surface area contributed by atoms with Gasteiger partial charge in [-0.1, -0.05) is 20.8 Å². The van der Waals surface area contributed by atoms with Gasteiger partial charge in [0.2, 0.25) is 0 Å². The van der Waals surface area contributed by atoms with Gasteiger partial charge in [0.1, 0.15) is 0 Å². The molecule has 126 valence electrons. The highest BCUT2D eigenvalue weighted by atomic mass is 127. The van der Waals surface area contributed by atoms with Gasteiger partial charge < -0.3 is 10.2 Å². The van der Waals surface area contributed by atoms with Crippen molar-refractivity contribution in [1.29, 1.82) is 0 Å². The topological polar surface area (TPSA) is 45.5 Å². The van der Waals surface area contributed by atoms with Crippen LogP contribution in [-0.4, -0.2) is 46.8 Å². The van der Waals surface area contributed by atoms with Gasteiger partial charge in [0.05, 0.1) is 0 Å². The third-order valence-corrected chi connectivity index (χ3v) is 3.92. The molecule has 1 unspecified atom stereocenters. The molecule has 1 fully saturated rings. The van der Waals surface area contributed by atoms with Crippen molar-refractivity contribution in [2.45, 2.75) is 40.7 Å². The maximum Gasteiger partial charge on any atom is 0.193 e. The second-order valence-corrected chi connectivity index (χ2v) is 6.86. The van der Waals surface area contributed by atoms with Crippen LogP contribution in [0.1, 0.15) is 34.1 Å². The fraction of sp³-hybridized carbons (Fsp3) is 0.750. The van der Waals surface area contributed by atoms with Crippen LogP contribution in [0, 0.1) is 11.3 Å². The molecular weight excluding hydrogens is 389 g/mol. The average molecular weight is 419 g/mol. The Morgan fingerprint density at radius 2 is 2.23 bits per heavy atom. The highest BCUT2D eigenvalue weighted by Crippen LogP contribution is 2.28. The fourth-order valence-electron chi connectivity index (χ4n) is 2.75. The lowest BCUT2D eigenvalue weighted by Crippen LogP contribution is -2.41. The van der Waals surface area contributed by atoms with Gasteiger partial charge >= 0.3 is 0 Å². The average Bonchev–Trinajstić information content (AvgIpc) is 3.04. The number of nitrogens with zero attached hydrogens (tertiary/aromatic N) is 4. The molecule has 0 spiro atoms. The van der Waals surface area contributed by atoms with Crippen LogP contribution in [0.2, 0.25) is 0 Å². The highest BCUT2D eigenvalue weighted by Gasteiger charge is 2.30. The largest absolute Gasteiger partial charge is 0.357 e. The van der Waals surface area contributed by atoms with Crippen molar-refractivity contribution in [2.24, 2.45) is 16.3 Å². The summed E-state index contributed by atoms with van der Waals surface area (Å²) in [6.45, 7) is 13.9. The fourth-order valence-corrected chi connectivity index (χ4v) is 2.75. The number of aliphatic imine (C=N–C) groups is 1. The van der Waals surface area contributed by atoms with E-state index in [0.29, 0.717) is 11.3 Å². The summed E-state index contributed by atoms with van der Waals surface area (Å²) in [5, 5.41) is 7.69. The first-order valence-corrected chi connectivity index (χ1v) is 8.01. The van der Waals surface area contributed by atoms with Crippen molar-refractivity contribution in [1.82, 2.24) is 20.0 Å². The number of rotatable bonds is 5. The van der Waals surface area contributed by atoms with E-state index < -0.39 is 0 Å². The number of aromatic nitrogens is 2. The molecule has 0 aliphatic carbocycles. The lowest BCUT2D eigenvalue weighted by molar-refractivity contribution is 0.369. The maximum atomic E-state index is 4.83. The van der Waals surface area contributed by atoms with Crippen LogP contribution in [0.5, 0.6) is 0 Å². The molecule has 1 aromatic rings. The molecule has 1 aliphatic heterocycles. The summed E-state index contributed by atoms with van der Waals surface area (Å²) in [6, 6.07) is 1.96. The minimum Gasteiger partial charge on any atom is -0.357 e. The van der Waals surface area contributed by atoms with Crippen LogP contribution in [0.25, 0.3) is 0 Å². The van der Waals surface area contributed by atoms with E-state index in [-0.39, 0.29) is 24.0 Å². The van der Waals surface area contributed by atoms with E-state index in [0.717, 1.165) is 38.7 Å². The van der Waals surface area contributed by atoms with Gasteiger partial charge in [0, 0.05) is 45.1 Å². The monoisotopic (exact) mass is 419 g/mol. The van der Waals surface area contributed by atoms with E-state index in [1.54, 1.807) is 0 Å². The molecule has 0 radical (unpaired) electrons. The number of nitrogens with one attached hydrogen (secondary N) is 1. The minimum atomic E-state index is 0. The molecule has 2 rings (SSSR count). The summed E-state index contributed by atoms with van der Waals surface area (Å²) in [6.07, 6.45) is 5.07. The zero-order valence-electron chi connectivity index (χ0n) is 14.2. The first-order chi connectivity index (χ1) is 10.00. The predicted molar refractivity (Wildman–Crippen MR) is 103 cm³/mol. The molecule has 1 aliphatic rings. The lowest BCUT2D eigenvalue weighted by atomic mass is 9.93. The summed E-state index contributed by atoms with van der Waals surface area (Å²) in [5.41, 5.74) is 0.400. The quantitative estimate of drug-likeness (QED) is 0.454. The van der Waals surface area contributed by atoms with Gasteiger partial charge in [-0.15, -0.1) is 24.0 Å². The normalized spacial score (nSPS) is 18.9. The maximum absolute atomic E-state index is 4.83. The number of hydrogen-bond acceptors (Lipinski definition) is 2. The van der Waals surface area contributed by atoms with E-state index >= 15 is 0 Å². The Morgan fingerprint density at radius 1 is 1.45 bits per heavy atom. The van der Waals surface area contributed by atoms with E-state index in [4.69, 9.17) is 4.99 Å². The van der Waals surface area contributed by atoms with Crippen LogP contribution >= 0.6 is 24.0 Å². The van der Waals surface area contributed by atoms with Crippen molar-refractivity contribution in [3.63, 3.8) is 0 Å². The van der Waals surface area contributed by atoms with Gasteiger partial charge in [-0.2, -0.15) is 5.10 Å². The smallest absolute Gasteiger partial charge is 0.193 e. The van der Waals surface area contributed by atoms with Crippen LogP contribution in [0.15, 0.2) is 23.5 Å². The van der Waals surface area contributed by atoms with Crippen molar-refractivity contribution in [2.75, 3.05) is 26.2 Å². The zero-order valence-corrected chi connectivity index (χ0v) is 16.6. The number of halogens is 1. The summed E-state index contributed by atoms with van der Waals surface area (Å²) < 4.78 is 1.98. The van der Waals surface area contributed by atoms with E-state index in [2.05, 4.69) is 43.0 Å². The molecule has 0 bridgehead atoms. The predicted octanol–water partition coefficient (Wildman–Crippen LogP) is 2.83. The SMILES string of the molecule is CCNC(=NCC(C)Cn1cccn1)N1CCC(C)(C)C1.I. The molecule has 0 aromatic carbocycles. The summed E-state index contributed by atoms with van der Waals surface area (Å²) in [5.74, 6) is 1.55.